The number of benzene rings is 1. The number of aromatic nitrogens is 2. The minimum atomic E-state index is 0.165. The van der Waals surface area contributed by atoms with E-state index in [-0.39, 0.29) is 5.41 Å². The minimum Gasteiger partial charge on any atom is -0.370 e. The van der Waals surface area contributed by atoms with E-state index in [1.807, 2.05) is 6.07 Å². The third kappa shape index (κ3) is 4.72. The number of hydrogen-bond donors (Lipinski definition) is 2. The fourth-order valence-corrected chi connectivity index (χ4v) is 2.09. The van der Waals surface area contributed by atoms with Crippen molar-refractivity contribution >= 4 is 17.5 Å². The molecule has 0 fully saturated rings. The Morgan fingerprint density at radius 3 is 2.41 bits per heavy atom. The molecule has 0 radical (unpaired) electrons. The average molecular weight is 298 g/mol. The molecule has 1 aromatic heterocycles. The van der Waals surface area contributed by atoms with Crippen molar-refractivity contribution in [1.82, 2.24) is 9.97 Å². The predicted molar refractivity (Wildman–Crippen MR) is 93.9 cm³/mol. The second kappa shape index (κ2) is 7.25. The molecule has 4 heteroatoms. The first-order valence-electron chi connectivity index (χ1n) is 7.93. The topological polar surface area (TPSA) is 49.8 Å². The van der Waals surface area contributed by atoms with Crippen molar-refractivity contribution in [3.63, 3.8) is 0 Å². The molecule has 4 nitrogen and oxygen atoms in total. The zero-order chi connectivity index (χ0) is 16.0. The van der Waals surface area contributed by atoms with Gasteiger partial charge in [-0.3, -0.25) is 0 Å². The first-order chi connectivity index (χ1) is 10.5. The van der Waals surface area contributed by atoms with Gasteiger partial charge in [0.15, 0.2) is 0 Å². The van der Waals surface area contributed by atoms with E-state index in [0.29, 0.717) is 5.95 Å². The lowest BCUT2D eigenvalue weighted by Gasteiger charge is -2.19. The van der Waals surface area contributed by atoms with Crippen LogP contribution in [0.3, 0.4) is 0 Å². The summed E-state index contributed by atoms with van der Waals surface area (Å²) in [5.41, 5.74) is 2.48. The van der Waals surface area contributed by atoms with Crippen LogP contribution >= 0.6 is 0 Å². The van der Waals surface area contributed by atoms with Gasteiger partial charge in [0, 0.05) is 18.4 Å². The molecule has 0 saturated heterocycles. The summed E-state index contributed by atoms with van der Waals surface area (Å²) in [5, 5.41) is 6.56. The van der Waals surface area contributed by atoms with Crippen LogP contribution in [0.4, 0.5) is 17.5 Å². The zero-order valence-corrected chi connectivity index (χ0v) is 14.0. The van der Waals surface area contributed by atoms with E-state index >= 15 is 0 Å². The first kappa shape index (κ1) is 16.3. The van der Waals surface area contributed by atoms with Crippen LogP contribution in [0.15, 0.2) is 36.5 Å². The van der Waals surface area contributed by atoms with Gasteiger partial charge in [0.05, 0.1) is 0 Å². The molecular formula is C18H26N4. The summed E-state index contributed by atoms with van der Waals surface area (Å²) < 4.78 is 0. The molecule has 1 aromatic carbocycles. The average Bonchev–Trinajstić information content (AvgIpc) is 2.48. The van der Waals surface area contributed by atoms with Gasteiger partial charge in [0.25, 0.3) is 0 Å². The van der Waals surface area contributed by atoms with Gasteiger partial charge in [-0.2, -0.15) is 4.98 Å². The highest BCUT2D eigenvalue weighted by atomic mass is 15.1. The fraction of sp³-hybridized carbons (Fsp3) is 0.444. The summed E-state index contributed by atoms with van der Waals surface area (Å²) in [7, 11) is 0. The van der Waals surface area contributed by atoms with Crippen molar-refractivity contribution in [1.29, 1.82) is 0 Å². The predicted octanol–water partition coefficient (Wildman–Crippen LogP) is 4.73. The van der Waals surface area contributed by atoms with Crippen molar-refractivity contribution in [3.05, 3.63) is 42.1 Å². The lowest BCUT2D eigenvalue weighted by atomic mass is 9.87. The van der Waals surface area contributed by atoms with Gasteiger partial charge in [-0.25, -0.2) is 4.98 Å². The Morgan fingerprint density at radius 1 is 1.05 bits per heavy atom. The summed E-state index contributed by atoms with van der Waals surface area (Å²) in [6.07, 6.45) is 4.08. The SMILES string of the molecule is CCCCNc1ccnc(Nc2ccc(C(C)(C)C)cc2)n1. The monoisotopic (exact) mass is 298 g/mol. The van der Waals surface area contributed by atoms with Crippen molar-refractivity contribution in [2.24, 2.45) is 0 Å². The van der Waals surface area contributed by atoms with E-state index in [9.17, 15) is 0 Å². The van der Waals surface area contributed by atoms with Crippen LogP contribution in [0.1, 0.15) is 46.1 Å². The van der Waals surface area contributed by atoms with Crippen molar-refractivity contribution < 1.29 is 0 Å². The van der Waals surface area contributed by atoms with E-state index in [1.165, 1.54) is 12.0 Å². The molecule has 2 N–H and O–H groups in total. The summed E-state index contributed by atoms with van der Waals surface area (Å²) in [4.78, 5) is 8.75. The van der Waals surface area contributed by atoms with E-state index < -0.39 is 0 Å². The maximum atomic E-state index is 4.48. The normalized spacial score (nSPS) is 11.3. The number of hydrogen-bond acceptors (Lipinski definition) is 4. The molecule has 0 atom stereocenters. The number of nitrogens with one attached hydrogen (secondary N) is 2. The summed E-state index contributed by atoms with van der Waals surface area (Å²) in [5.74, 6) is 1.47. The molecular weight excluding hydrogens is 272 g/mol. The van der Waals surface area contributed by atoms with E-state index in [1.54, 1.807) is 6.20 Å². The van der Waals surface area contributed by atoms with Crippen molar-refractivity contribution in [2.45, 2.75) is 46.0 Å². The number of unbranched alkanes of at least 4 members (excludes halogenated alkanes) is 1. The van der Waals surface area contributed by atoms with E-state index in [2.05, 4.69) is 72.6 Å². The van der Waals surface area contributed by atoms with Gasteiger partial charge in [0.1, 0.15) is 5.82 Å². The van der Waals surface area contributed by atoms with Crippen LogP contribution in [0.25, 0.3) is 0 Å². The maximum Gasteiger partial charge on any atom is 0.229 e. The fourth-order valence-electron chi connectivity index (χ4n) is 2.09. The largest absolute Gasteiger partial charge is 0.370 e. The van der Waals surface area contributed by atoms with Gasteiger partial charge in [-0.1, -0.05) is 46.2 Å². The van der Waals surface area contributed by atoms with Crippen molar-refractivity contribution in [2.75, 3.05) is 17.2 Å². The third-order valence-electron chi connectivity index (χ3n) is 3.50. The van der Waals surface area contributed by atoms with Gasteiger partial charge >= 0.3 is 0 Å². The maximum absolute atomic E-state index is 4.48. The number of anilines is 3. The highest BCUT2D eigenvalue weighted by Crippen LogP contribution is 2.24. The second-order valence-corrected chi connectivity index (χ2v) is 6.50. The molecule has 22 heavy (non-hydrogen) atoms. The Bertz CT molecular complexity index is 585. The standard InChI is InChI=1S/C18H26N4/c1-5-6-12-19-16-11-13-20-17(22-16)21-15-9-7-14(8-10-15)18(2,3)4/h7-11,13H,5-6,12H2,1-4H3,(H2,19,20,21,22). The lowest BCUT2D eigenvalue weighted by Crippen LogP contribution is -2.10. The highest BCUT2D eigenvalue weighted by molar-refractivity contribution is 5.55. The Balaban J connectivity index is 2.02. The van der Waals surface area contributed by atoms with Gasteiger partial charge < -0.3 is 10.6 Å². The second-order valence-electron chi connectivity index (χ2n) is 6.50. The van der Waals surface area contributed by atoms with Crippen LogP contribution in [-0.4, -0.2) is 16.5 Å². The molecule has 0 aliphatic rings. The van der Waals surface area contributed by atoms with Crippen LogP contribution in [0.5, 0.6) is 0 Å². The molecule has 0 spiro atoms. The Labute approximate surface area is 133 Å². The van der Waals surface area contributed by atoms with Crippen LogP contribution in [0.2, 0.25) is 0 Å². The Morgan fingerprint density at radius 2 is 1.77 bits per heavy atom. The van der Waals surface area contributed by atoms with Crippen LogP contribution in [0, 0.1) is 0 Å². The molecule has 2 aromatic rings. The number of nitrogens with zero attached hydrogens (tertiary/aromatic N) is 2. The molecule has 118 valence electrons. The van der Waals surface area contributed by atoms with E-state index in [0.717, 1.165) is 24.5 Å². The minimum absolute atomic E-state index is 0.165. The van der Waals surface area contributed by atoms with E-state index in [4.69, 9.17) is 0 Å². The highest BCUT2D eigenvalue weighted by Gasteiger charge is 2.12. The zero-order valence-electron chi connectivity index (χ0n) is 14.0. The quantitative estimate of drug-likeness (QED) is 0.757. The smallest absolute Gasteiger partial charge is 0.229 e. The van der Waals surface area contributed by atoms with Crippen LogP contribution < -0.4 is 10.6 Å². The van der Waals surface area contributed by atoms with Gasteiger partial charge in [-0.15, -0.1) is 0 Å². The lowest BCUT2D eigenvalue weighted by molar-refractivity contribution is 0.590. The number of rotatable bonds is 6. The molecule has 0 unspecified atom stereocenters. The van der Waals surface area contributed by atoms with Crippen molar-refractivity contribution in [3.8, 4) is 0 Å². The molecule has 0 bridgehead atoms. The molecule has 0 amide bonds. The molecule has 1 heterocycles. The van der Waals surface area contributed by atoms with Gasteiger partial charge in [-0.05, 0) is 35.6 Å². The molecule has 2 rings (SSSR count). The molecule has 0 saturated carbocycles. The summed E-state index contributed by atoms with van der Waals surface area (Å²) in [6, 6.07) is 10.3. The Kier molecular flexibility index (Phi) is 5.36. The summed E-state index contributed by atoms with van der Waals surface area (Å²) >= 11 is 0. The Hall–Kier alpha value is -2.10. The summed E-state index contributed by atoms with van der Waals surface area (Å²) in [6.45, 7) is 9.75. The third-order valence-corrected chi connectivity index (χ3v) is 3.50. The molecule has 0 aliphatic carbocycles. The van der Waals surface area contributed by atoms with Gasteiger partial charge in [0.2, 0.25) is 5.95 Å². The molecule has 0 aliphatic heterocycles. The van der Waals surface area contributed by atoms with Crippen LogP contribution in [-0.2, 0) is 5.41 Å². The first-order valence-corrected chi connectivity index (χ1v) is 7.93.